The van der Waals surface area contributed by atoms with Gasteiger partial charge in [0.2, 0.25) is 0 Å². The summed E-state index contributed by atoms with van der Waals surface area (Å²) in [5, 5.41) is 3.28. The van der Waals surface area contributed by atoms with E-state index in [1.54, 1.807) is 23.9 Å². The molecule has 19 heavy (non-hydrogen) atoms. The van der Waals surface area contributed by atoms with Crippen LogP contribution in [-0.4, -0.2) is 6.26 Å². The van der Waals surface area contributed by atoms with Gasteiger partial charge in [0.05, 0.1) is 0 Å². The smallest absolute Gasteiger partial charge is 0.263 e. The summed E-state index contributed by atoms with van der Waals surface area (Å²) in [6, 6.07) is 14.5. The van der Waals surface area contributed by atoms with Crippen LogP contribution in [0.2, 0.25) is 0 Å². The van der Waals surface area contributed by atoms with E-state index in [1.165, 1.54) is 6.07 Å². The van der Waals surface area contributed by atoms with Gasteiger partial charge in [0.25, 0.3) is 6.43 Å². The molecule has 4 heteroatoms. The summed E-state index contributed by atoms with van der Waals surface area (Å²) < 4.78 is 25.2. The molecule has 0 spiro atoms. The van der Waals surface area contributed by atoms with Crippen LogP contribution >= 0.6 is 11.8 Å². The molecule has 0 heterocycles. The largest absolute Gasteiger partial charge is 0.380 e. The molecule has 0 saturated heterocycles. The van der Waals surface area contributed by atoms with Crippen molar-refractivity contribution in [3.05, 3.63) is 59.7 Å². The molecule has 2 aromatic carbocycles. The maximum absolute atomic E-state index is 12.6. The summed E-state index contributed by atoms with van der Waals surface area (Å²) in [6.45, 7) is 0.540. The van der Waals surface area contributed by atoms with E-state index in [9.17, 15) is 8.78 Å². The highest BCUT2D eigenvalue weighted by molar-refractivity contribution is 7.98. The zero-order valence-corrected chi connectivity index (χ0v) is 11.4. The van der Waals surface area contributed by atoms with Gasteiger partial charge in [0, 0.05) is 22.7 Å². The van der Waals surface area contributed by atoms with Crippen molar-refractivity contribution in [2.75, 3.05) is 11.6 Å². The minimum atomic E-state index is -2.42. The molecule has 1 nitrogen and oxygen atoms in total. The standard InChI is InChI=1S/C15H15F2NS/c1-19-14-8-3-2-7-13(14)18-10-11-5-4-6-12(9-11)15(16)17/h2-9,15,18H,10H2,1H3. The predicted molar refractivity (Wildman–Crippen MR) is 76.9 cm³/mol. The Hall–Kier alpha value is -1.55. The summed E-state index contributed by atoms with van der Waals surface area (Å²) in [4.78, 5) is 1.15. The third kappa shape index (κ3) is 3.70. The number of rotatable bonds is 5. The Labute approximate surface area is 116 Å². The lowest BCUT2D eigenvalue weighted by Gasteiger charge is -2.11. The van der Waals surface area contributed by atoms with Crippen LogP contribution in [0.25, 0.3) is 0 Å². The fraction of sp³-hybridized carbons (Fsp3) is 0.200. The fourth-order valence-electron chi connectivity index (χ4n) is 1.83. The molecule has 1 N–H and O–H groups in total. The van der Waals surface area contributed by atoms with Crippen LogP contribution in [0.4, 0.5) is 14.5 Å². The Morgan fingerprint density at radius 2 is 1.89 bits per heavy atom. The lowest BCUT2D eigenvalue weighted by atomic mass is 10.1. The Morgan fingerprint density at radius 1 is 1.11 bits per heavy atom. The molecular weight excluding hydrogens is 264 g/mol. The Kier molecular flexibility index (Phi) is 4.80. The van der Waals surface area contributed by atoms with Crippen molar-refractivity contribution >= 4 is 17.4 Å². The molecular formula is C15H15F2NS. The van der Waals surface area contributed by atoms with Crippen LogP contribution in [0.3, 0.4) is 0 Å². The molecule has 0 radical (unpaired) electrons. The average molecular weight is 279 g/mol. The molecule has 0 fully saturated rings. The van der Waals surface area contributed by atoms with Gasteiger partial charge in [-0.05, 0) is 30.0 Å². The summed E-state index contributed by atoms with van der Waals surface area (Å²) in [5.41, 5.74) is 1.95. The molecule has 100 valence electrons. The zero-order chi connectivity index (χ0) is 13.7. The van der Waals surface area contributed by atoms with Crippen molar-refractivity contribution in [3.63, 3.8) is 0 Å². The number of thioether (sulfide) groups is 1. The normalized spacial score (nSPS) is 10.7. The van der Waals surface area contributed by atoms with Crippen LogP contribution in [0.15, 0.2) is 53.4 Å². The average Bonchev–Trinajstić information content (AvgIpc) is 2.45. The van der Waals surface area contributed by atoms with E-state index >= 15 is 0 Å². The van der Waals surface area contributed by atoms with Gasteiger partial charge in [-0.2, -0.15) is 0 Å². The van der Waals surface area contributed by atoms with Crippen molar-refractivity contribution in [1.29, 1.82) is 0 Å². The Morgan fingerprint density at radius 3 is 2.63 bits per heavy atom. The molecule has 0 aliphatic carbocycles. The highest BCUT2D eigenvalue weighted by atomic mass is 32.2. The maximum atomic E-state index is 12.6. The molecule has 0 saturated carbocycles. The number of para-hydroxylation sites is 1. The van der Waals surface area contributed by atoms with Gasteiger partial charge in [-0.15, -0.1) is 11.8 Å². The molecule has 0 aliphatic heterocycles. The molecule has 2 rings (SSSR count). The van der Waals surface area contributed by atoms with E-state index < -0.39 is 6.43 Å². The van der Waals surface area contributed by atoms with Gasteiger partial charge in [0.15, 0.2) is 0 Å². The lowest BCUT2D eigenvalue weighted by Crippen LogP contribution is -2.01. The van der Waals surface area contributed by atoms with Crippen molar-refractivity contribution in [3.8, 4) is 0 Å². The second-order valence-electron chi connectivity index (χ2n) is 4.10. The van der Waals surface area contributed by atoms with Gasteiger partial charge in [-0.3, -0.25) is 0 Å². The third-order valence-corrected chi connectivity index (χ3v) is 3.59. The minimum Gasteiger partial charge on any atom is -0.380 e. The molecule has 0 bridgehead atoms. The molecule has 0 aliphatic rings. The van der Waals surface area contributed by atoms with E-state index in [1.807, 2.05) is 36.6 Å². The lowest BCUT2D eigenvalue weighted by molar-refractivity contribution is 0.151. The molecule has 0 aromatic heterocycles. The first-order valence-corrected chi connectivity index (χ1v) is 7.17. The van der Waals surface area contributed by atoms with Crippen molar-refractivity contribution in [2.45, 2.75) is 17.9 Å². The van der Waals surface area contributed by atoms with Gasteiger partial charge in [-0.1, -0.05) is 30.3 Å². The van der Waals surface area contributed by atoms with Crippen molar-refractivity contribution < 1.29 is 8.78 Å². The van der Waals surface area contributed by atoms with Gasteiger partial charge < -0.3 is 5.32 Å². The van der Waals surface area contributed by atoms with Crippen LogP contribution < -0.4 is 5.32 Å². The van der Waals surface area contributed by atoms with Crippen LogP contribution in [0.1, 0.15) is 17.6 Å². The Balaban J connectivity index is 2.08. The van der Waals surface area contributed by atoms with E-state index in [-0.39, 0.29) is 5.56 Å². The highest BCUT2D eigenvalue weighted by Crippen LogP contribution is 2.25. The number of nitrogens with one attached hydrogen (secondary N) is 1. The molecule has 2 aromatic rings. The van der Waals surface area contributed by atoms with Crippen LogP contribution in [0, 0.1) is 0 Å². The second kappa shape index (κ2) is 6.57. The topological polar surface area (TPSA) is 12.0 Å². The Bertz CT molecular complexity index is 543. The van der Waals surface area contributed by atoms with E-state index in [2.05, 4.69) is 5.32 Å². The summed E-state index contributed by atoms with van der Waals surface area (Å²) in [6.07, 6.45) is -0.406. The first-order chi connectivity index (χ1) is 9.20. The predicted octanol–water partition coefficient (Wildman–Crippen LogP) is 4.96. The molecule has 0 unspecified atom stereocenters. The van der Waals surface area contributed by atoms with Crippen LogP contribution in [0.5, 0.6) is 0 Å². The quantitative estimate of drug-likeness (QED) is 0.776. The minimum absolute atomic E-state index is 0.0671. The number of anilines is 1. The first kappa shape index (κ1) is 13.9. The maximum Gasteiger partial charge on any atom is 0.263 e. The molecule has 0 atom stereocenters. The number of hydrogen-bond donors (Lipinski definition) is 1. The number of benzene rings is 2. The summed E-state index contributed by atoms with van der Waals surface area (Å²) in [5.74, 6) is 0. The summed E-state index contributed by atoms with van der Waals surface area (Å²) >= 11 is 1.66. The van der Waals surface area contributed by atoms with E-state index in [0.29, 0.717) is 6.54 Å². The van der Waals surface area contributed by atoms with Gasteiger partial charge >= 0.3 is 0 Å². The number of alkyl halides is 2. The third-order valence-electron chi connectivity index (χ3n) is 2.79. The van der Waals surface area contributed by atoms with Crippen molar-refractivity contribution in [1.82, 2.24) is 0 Å². The summed E-state index contributed by atoms with van der Waals surface area (Å²) in [7, 11) is 0. The monoisotopic (exact) mass is 279 g/mol. The van der Waals surface area contributed by atoms with Gasteiger partial charge in [0.1, 0.15) is 0 Å². The van der Waals surface area contributed by atoms with Crippen LogP contribution in [-0.2, 0) is 6.54 Å². The van der Waals surface area contributed by atoms with Crippen molar-refractivity contribution in [2.24, 2.45) is 0 Å². The van der Waals surface area contributed by atoms with Gasteiger partial charge in [-0.25, -0.2) is 8.78 Å². The SMILES string of the molecule is CSc1ccccc1NCc1cccc(C(F)F)c1. The fourth-order valence-corrected chi connectivity index (χ4v) is 2.40. The second-order valence-corrected chi connectivity index (χ2v) is 4.95. The molecule has 0 amide bonds. The number of hydrogen-bond acceptors (Lipinski definition) is 2. The van der Waals surface area contributed by atoms with E-state index in [0.717, 1.165) is 16.1 Å². The highest BCUT2D eigenvalue weighted by Gasteiger charge is 2.07. The first-order valence-electron chi connectivity index (χ1n) is 5.94. The zero-order valence-electron chi connectivity index (χ0n) is 10.6. The van der Waals surface area contributed by atoms with E-state index in [4.69, 9.17) is 0 Å². The number of halogens is 2.